The fraction of sp³-hybridized carbons (Fsp3) is 0.706. The van der Waals surface area contributed by atoms with E-state index in [4.69, 9.17) is 4.74 Å². The molecule has 1 rings (SSSR count). The van der Waals surface area contributed by atoms with Gasteiger partial charge in [-0.15, -0.1) is 0 Å². The van der Waals surface area contributed by atoms with E-state index in [1.54, 1.807) is 12.5 Å². The molecule has 0 aliphatic rings. The van der Waals surface area contributed by atoms with E-state index in [1.807, 2.05) is 38.5 Å². The third kappa shape index (κ3) is 5.37. The van der Waals surface area contributed by atoms with Gasteiger partial charge in [0.1, 0.15) is 0 Å². The molecule has 1 aromatic heterocycles. The minimum absolute atomic E-state index is 0.0115. The number of nitrogens with one attached hydrogen (secondary N) is 1. The minimum Gasteiger partial charge on any atom is -0.469 e. The van der Waals surface area contributed by atoms with Crippen molar-refractivity contribution in [2.45, 2.75) is 53.5 Å². The third-order valence-corrected chi connectivity index (χ3v) is 4.34. The molecule has 6 nitrogen and oxygen atoms in total. The number of carbonyl (C=O) groups is 2. The second-order valence-electron chi connectivity index (χ2n) is 6.88. The zero-order chi connectivity index (χ0) is 17.5. The average molecular weight is 323 g/mol. The molecule has 0 saturated heterocycles. The summed E-state index contributed by atoms with van der Waals surface area (Å²) in [6.45, 7) is 8.93. The quantitative estimate of drug-likeness (QED) is 0.559. The Bertz CT molecular complexity index is 511. The molecule has 6 heteroatoms. The molecule has 0 radical (unpaired) electrons. The number of carbonyl (C=O) groups excluding carboxylic acids is 2. The van der Waals surface area contributed by atoms with Crippen molar-refractivity contribution in [3.63, 3.8) is 0 Å². The first-order valence-electron chi connectivity index (χ1n) is 8.07. The maximum atomic E-state index is 12.6. The van der Waals surface area contributed by atoms with Crippen molar-refractivity contribution in [2.75, 3.05) is 13.7 Å². The number of methoxy groups -OCH3 is 1. The van der Waals surface area contributed by atoms with Crippen LogP contribution in [0.1, 0.15) is 47.0 Å². The topological polar surface area (TPSA) is 73.2 Å². The maximum absolute atomic E-state index is 12.6. The highest BCUT2D eigenvalue weighted by molar-refractivity contribution is 5.84. The SMILES string of the molecule is CCC(C)(CC(C)(C)C(=O)OC)C(=O)NCCCn1ccnc1. The summed E-state index contributed by atoms with van der Waals surface area (Å²) in [4.78, 5) is 28.4. The molecule has 0 spiro atoms. The van der Waals surface area contributed by atoms with Crippen LogP contribution in [0.3, 0.4) is 0 Å². The maximum Gasteiger partial charge on any atom is 0.311 e. The first kappa shape index (κ1) is 19.2. The zero-order valence-corrected chi connectivity index (χ0v) is 14.9. The summed E-state index contributed by atoms with van der Waals surface area (Å²) < 4.78 is 6.82. The average Bonchev–Trinajstić information content (AvgIpc) is 3.03. The van der Waals surface area contributed by atoms with Gasteiger partial charge >= 0.3 is 5.97 Å². The minimum atomic E-state index is -0.687. The molecule has 0 fully saturated rings. The zero-order valence-electron chi connectivity index (χ0n) is 14.9. The standard InChI is InChI=1S/C17H29N3O3/c1-6-17(4,12-16(2,3)15(22)23-5)14(21)19-8-7-10-20-11-9-18-13-20/h9,11,13H,6-8,10,12H2,1-5H3,(H,19,21). The van der Waals surface area contributed by atoms with Crippen molar-refractivity contribution in [1.29, 1.82) is 0 Å². The van der Waals surface area contributed by atoms with Crippen molar-refractivity contribution < 1.29 is 14.3 Å². The fourth-order valence-electron chi connectivity index (χ4n) is 2.79. The van der Waals surface area contributed by atoms with Crippen molar-refractivity contribution in [2.24, 2.45) is 10.8 Å². The van der Waals surface area contributed by atoms with Gasteiger partial charge in [-0.05, 0) is 33.1 Å². The lowest BCUT2D eigenvalue weighted by Crippen LogP contribution is -2.43. The number of imidazole rings is 1. The smallest absolute Gasteiger partial charge is 0.311 e. The van der Waals surface area contributed by atoms with Gasteiger partial charge in [0.05, 0.1) is 18.9 Å². The summed E-state index contributed by atoms with van der Waals surface area (Å²) in [5.74, 6) is -0.298. The van der Waals surface area contributed by atoms with E-state index >= 15 is 0 Å². The molecule has 1 unspecified atom stereocenters. The Morgan fingerprint density at radius 2 is 2.00 bits per heavy atom. The van der Waals surface area contributed by atoms with Gasteiger partial charge in [-0.3, -0.25) is 9.59 Å². The predicted octanol–water partition coefficient (Wildman–Crippen LogP) is 2.39. The van der Waals surface area contributed by atoms with Crippen molar-refractivity contribution in [1.82, 2.24) is 14.9 Å². The van der Waals surface area contributed by atoms with Crippen LogP contribution in [0, 0.1) is 10.8 Å². The number of esters is 1. The van der Waals surface area contributed by atoms with Crippen LogP contribution >= 0.6 is 0 Å². The van der Waals surface area contributed by atoms with Crippen LogP contribution in [0.5, 0.6) is 0 Å². The second kappa shape index (κ2) is 8.13. The Morgan fingerprint density at radius 1 is 1.30 bits per heavy atom. The Labute approximate surface area is 138 Å². The molecular formula is C17H29N3O3. The van der Waals surface area contributed by atoms with Crippen LogP contribution in [-0.2, 0) is 20.9 Å². The number of amides is 1. The molecule has 0 aliphatic heterocycles. The van der Waals surface area contributed by atoms with Crippen LogP contribution in [0.4, 0.5) is 0 Å². The highest BCUT2D eigenvalue weighted by Gasteiger charge is 2.41. The first-order valence-corrected chi connectivity index (χ1v) is 8.07. The summed E-state index contributed by atoms with van der Waals surface area (Å²) in [6, 6.07) is 0. The number of rotatable bonds is 9. The number of hydrogen-bond donors (Lipinski definition) is 1. The van der Waals surface area contributed by atoms with Gasteiger partial charge < -0.3 is 14.6 Å². The van der Waals surface area contributed by atoms with E-state index in [1.165, 1.54) is 7.11 Å². The lowest BCUT2D eigenvalue weighted by molar-refractivity contribution is -0.153. The van der Waals surface area contributed by atoms with Crippen molar-refractivity contribution in [3.05, 3.63) is 18.7 Å². The second-order valence-corrected chi connectivity index (χ2v) is 6.88. The largest absolute Gasteiger partial charge is 0.469 e. The molecule has 1 N–H and O–H groups in total. The highest BCUT2D eigenvalue weighted by Crippen LogP contribution is 2.37. The summed E-state index contributed by atoms with van der Waals surface area (Å²) in [5.41, 5.74) is -1.28. The molecule has 0 bridgehead atoms. The number of aromatic nitrogens is 2. The normalized spacial score (nSPS) is 14.1. The van der Waals surface area contributed by atoms with Crippen LogP contribution in [0.25, 0.3) is 0 Å². The van der Waals surface area contributed by atoms with Gasteiger partial charge in [0.15, 0.2) is 0 Å². The lowest BCUT2D eigenvalue weighted by atomic mass is 9.72. The lowest BCUT2D eigenvalue weighted by Gasteiger charge is -2.34. The van der Waals surface area contributed by atoms with Gasteiger partial charge in [0, 0.05) is 30.9 Å². The Balaban J connectivity index is 2.53. The molecule has 23 heavy (non-hydrogen) atoms. The Kier molecular flexibility index (Phi) is 6.79. The van der Waals surface area contributed by atoms with Crippen molar-refractivity contribution >= 4 is 11.9 Å². The third-order valence-electron chi connectivity index (χ3n) is 4.34. The fourth-order valence-corrected chi connectivity index (χ4v) is 2.79. The van der Waals surface area contributed by atoms with Gasteiger partial charge in [-0.25, -0.2) is 4.98 Å². The van der Waals surface area contributed by atoms with E-state index in [0.29, 0.717) is 19.4 Å². The van der Waals surface area contributed by atoms with E-state index in [-0.39, 0.29) is 11.9 Å². The predicted molar refractivity (Wildman–Crippen MR) is 88.7 cm³/mol. The van der Waals surface area contributed by atoms with Gasteiger partial charge in [-0.1, -0.05) is 13.8 Å². The first-order chi connectivity index (χ1) is 10.7. The molecule has 0 saturated carbocycles. The van der Waals surface area contributed by atoms with Gasteiger partial charge in [0.25, 0.3) is 0 Å². The van der Waals surface area contributed by atoms with Gasteiger partial charge in [-0.2, -0.15) is 0 Å². The molecule has 0 aromatic carbocycles. The van der Waals surface area contributed by atoms with Gasteiger partial charge in [0.2, 0.25) is 5.91 Å². The summed E-state index contributed by atoms with van der Waals surface area (Å²) in [5, 5.41) is 2.99. The summed E-state index contributed by atoms with van der Waals surface area (Å²) in [6.07, 6.45) is 7.36. The number of ether oxygens (including phenoxy) is 1. The van der Waals surface area contributed by atoms with Crippen LogP contribution < -0.4 is 5.32 Å². The Hall–Kier alpha value is -1.85. The van der Waals surface area contributed by atoms with Crippen LogP contribution in [0.15, 0.2) is 18.7 Å². The van der Waals surface area contributed by atoms with E-state index in [9.17, 15) is 9.59 Å². The van der Waals surface area contributed by atoms with Crippen LogP contribution in [0.2, 0.25) is 0 Å². The number of hydrogen-bond acceptors (Lipinski definition) is 4. The molecule has 1 atom stereocenters. The number of nitrogens with zero attached hydrogens (tertiary/aromatic N) is 2. The molecule has 1 aromatic rings. The summed E-state index contributed by atoms with van der Waals surface area (Å²) in [7, 11) is 1.38. The van der Waals surface area contributed by atoms with Crippen LogP contribution in [-0.4, -0.2) is 35.1 Å². The molecule has 1 heterocycles. The molecule has 1 amide bonds. The monoisotopic (exact) mass is 323 g/mol. The van der Waals surface area contributed by atoms with E-state index < -0.39 is 10.8 Å². The Morgan fingerprint density at radius 3 is 2.52 bits per heavy atom. The van der Waals surface area contributed by atoms with E-state index in [0.717, 1.165) is 13.0 Å². The molecule has 0 aliphatic carbocycles. The molecule has 130 valence electrons. The molecular weight excluding hydrogens is 294 g/mol. The number of aryl methyl sites for hydroxylation is 1. The van der Waals surface area contributed by atoms with Crippen molar-refractivity contribution in [3.8, 4) is 0 Å². The summed E-state index contributed by atoms with van der Waals surface area (Å²) >= 11 is 0. The highest BCUT2D eigenvalue weighted by atomic mass is 16.5. The van der Waals surface area contributed by atoms with E-state index in [2.05, 4.69) is 10.3 Å².